The predicted octanol–water partition coefficient (Wildman–Crippen LogP) is 4.16. The third-order valence-electron chi connectivity index (χ3n) is 4.76. The number of amides is 2. The molecule has 3 rings (SSSR count). The molecule has 1 aliphatic rings. The summed E-state index contributed by atoms with van der Waals surface area (Å²) in [5.74, 6) is -1.29. The van der Waals surface area contributed by atoms with Crippen LogP contribution in [0.15, 0.2) is 48.5 Å². The van der Waals surface area contributed by atoms with E-state index in [0.29, 0.717) is 16.9 Å². The molecule has 3 N–H and O–H groups in total. The van der Waals surface area contributed by atoms with Crippen molar-refractivity contribution in [2.24, 2.45) is 5.92 Å². The van der Waals surface area contributed by atoms with E-state index < -0.39 is 5.97 Å². The van der Waals surface area contributed by atoms with Crippen LogP contribution in [0.4, 0.5) is 11.4 Å². The molecule has 0 unspecified atom stereocenters. The van der Waals surface area contributed by atoms with Crippen molar-refractivity contribution in [1.29, 1.82) is 0 Å². The lowest BCUT2D eigenvalue weighted by molar-refractivity contribution is -0.120. The number of rotatable bonds is 5. The Morgan fingerprint density at radius 2 is 1.41 bits per heavy atom. The van der Waals surface area contributed by atoms with Crippen molar-refractivity contribution in [3.63, 3.8) is 0 Å². The van der Waals surface area contributed by atoms with E-state index in [0.717, 1.165) is 25.7 Å². The molecular weight excluding hydrogens is 344 g/mol. The van der Waals surface area contributed by atoms with Gasteiger partial charge < -0.3 is 15.7 Å². The monoisotopic (exact) mass is 366 g/mol. The van der Waals surface area contributed by atoms with Gasteiger partial charge in [-0.2, -0.15) is 0 Å². The zero-order chi connectivity index (χ0) is 19.2. The summed E-state index contributed by atoms with van der Waals surface area (Å²) >= 11 is 0. The number of aromatic carboxylic acids is 1. The smallest absolute Gasteiger partial charge is 0.335 e. The number of anilines is 2. The van der Waals surface area contributed by atoms with Crippen molar-refractivity contribution in [3.8, 4) is 0 Å². The molecule has 0 aromatic heterocycles. The van der Waals surface area contributed by atoms with Gasteiger partial charge in [0.15, 0.2) is 0 Å². The summed E-state index contributed by atoms with van der Waals surface area (Å²) in [6.07, 6.45) is 5.23. The lowest BCUT2D eigenvalue weighted by atomic mass is 9.88. The van der Waals surface area contributed by atoms with Gasteiger partial charge in [0.2, 0.25) is 5.91 Å². The molecule has 0 saturated heterocycles. The molecule has 0 aliphatic heterocycles. The fourth-order valence-corrected chi connectivity index (χ4v) is 3.25. The van der Waals surface area contributed by atoms with E-state index >= 15 is 0 Å². The van der Waals surface area contributed by atoms with Crippen LogP contribution in [0, 0.1) is 5.92 Å². The van der Waals surface area contributed by atoms with Crippen LogP contribution in [0.2, 0.25) is 0 Å². The molecule has 1 aliphatic carbocycles. The number of benzene rings is 2. The van der Waals surface area contributed by atoms with Crippen molar-refractivity contribution in [2.45, 2.75) is 32.1 Å². The van der Waals surface area contributed by atoms with Crippen molar-refractivity contribution < 1.29 is 19.5 Å². The number of nitrogens with one attached hydrogen (secondary N) is 2. The normalized spacial score (nSPS) is 14.4. The SMILES string of the molecule is O=C(O)c1ccc(C(=O)Nc2cccc(NC(=O)C3CCCCC3)c2)cc1. The van der Waals surface area contributed by atoms with Gasteiger partial charge in [-0.3, -0.25) is 9.59 Å². The molecule has 27 heavy (non-hydrogen) atoms. The van der Waals surface area contributed by atoms with Crippen LogP contribution >= 0.6 is 0 Å². The standard InChI is InChI=1S/C21H22N2O4/c24-19(14-5-2-1-3-6-14)22-17-7-4-8-18(13-17)23-20(25)15-9-11-16(12-10-15)21(26)27/h4,7-14H,1-3,5-6H2,(H,22,24)(H,23,25)(H,26,27). The highest BCUT2D eigenvalue weighted by molar-refractivity contribution is 6.05. The number of hydrogen-bond acceptors (Lipinski definition) is 3. The molecule has 140 valence electrons. The molecule has 1 saturated carbocycles. The first-order chi connectivity index (χ1) is 13.0. The molecule has 0 bridgehead atoms. The molecule has 6 nitrogen and oxygen atoms in total. The summed E-state index contributed by atoms with van der Waals surface area (Å²) in [6.45, 7) is 0. The first-order valence-electron chi connectivity index (χ1n) is 9.08. The van der Waals surface area contributed by atoms with E-state index in [2.05, 4.69) is 10.6 Å². The Balaban J connectivity index is 1.63. The molecule has 0 radical (unpaired) electrons. The molecule has 1 fully saturated rings. The maximum Gasteiger partial charge on any atom is 0.335 e. The third kappa shape index (κ3) is 4.94. The Bertz CT molecular complexity index is 840. The number of carboxylic acid groups (broad SMARTS) is 1. The van der Waals surface area contributed by atoms with Crippen LogP contribution in [0.1, 0.15) is 52.8 Å². The van der Waals surface area contributed by atoms with Crippen LogP contribution in [-0.2, 0) is 4.79 Å². The fraction of sp³-hybridized carbons (Fsp3) is 0.286. The minimum atomic E-state index is -1.04. The molecule has 0 atom stereocenters. The van der Waals surface area contributed by atoms with Gasteiger partial charge in [0.05, 0.1) is 5.56 Å². The minimum Gasteiger partial charge on any atom is -0.478 e. The molecule has 2 aromatic rings. The van der Waals surface area contributed by atoms with E-state index in [1.165, 1.54) is 30.7 Å². The second-order valence-corrected chi connectivity index (χ2v) is 6.74. The topological polar surface area (TPSA) is 95.5 Å². The average molecular weight is 366 g/mol. The molecule has 0 spiro atoms. The van der Waals surface area contributed by atoms with E-state index in [9.17, 15) is 14.4 Å². The largest absolute Gasteiger partial charge is 0.478 e. The van der Waals surface area contributed by atoms with Crippen molar-refractivity contribution >= 4 is 29.2 Å². The van der Waals surface area contributed by atoms with Gasteiger partial charge in [-0.05, 0) is 55.3 Å². The van der Waals surface area contributed by atoms with E-state index in [1.807, 2.05) is 0 Å². The number of carbonyl (C=O) groups excluding carboxylic acids is 2. The van der Waals surface area contributed by atoms with Gasteiger partial charge >= 0.3 is 5.97 Å². The Hall–Kier alpha value is -3.15. The molecular formula is C21H22N2O4. The number of carboxylic acids is 1. The second-order valence-electron chi connectivity index (χ2n) is 6.74. The zero-order valence-electron chi connectivity index (χ0n) is 14.9. The summed E-state index contributed by atoms with van der Waals surface area (Å²) < 4.78 is 0. The summed E-state index contributed by atoms with van der Waals surface area (Å²) in [6, 6.07) is 12.7. The van der Waals surface area contributed by atoms with Gasteiger partial charge in [-0.25, -0.2) is 4.79 Å². The highest BCUT2D eigenvalue weighted by atomic mass is 16.4. The van der Waals surface area contributed by atoms with Crippen LogP contribution in [0.3, 0.4) is 0 Å². The Morgan fingerprint density at radius 1 is 0.815 bits per heavy atom. The summed E-state index contributed by atoms with van der Waals surface area (Å²) in [5.41, 5.74) is 1.68. The van der Waals surface area contributed by atoms with Crippen molar-refractivity contribution in [3.05, 3.63) is 59.7 Å². The lowest BCUT2D eigenvalue weighted by Gasteiger charge is -2.20. The van der Waals surface area contributed by atoms with Crippen molar-refractivity contribution in [1.82, 2.24) is 0 Å². The Morgan fingerprint density at radius 3 is 2.04 bits per heavy atom. The zero-order valence-corrected chi connectivity index (χ0v) is 14.9. The van der Waals surface area contributed by atoms with Crippen molar-refractivity contribution in [2.75, 3.05) is 10.6 Å². The second kappa shape index (κ2) is 8.49. The van der Waals surface area contributed by atoms with Gasteiger partial charge in [0, 0.05) is 22.9 Å². The van der Waals surface area contributed by atoms with E-state index in [-0.39, 0.29) is 23.3 Å². The molecule has 0 heterocycles. The number of carbonyl (C=O) groups is 3. The first-order valence-corrected chi connectivity index (χ1v) is 9.08. The van der Waals surface area contributed by atoms with Gasteiger partial charge in [0.25, 0.3) is 5.91 Å². The van der Waals surface area contributed by atoms with Gasteiger partial charge in [-0.1, -0.05) is 25.3 Å². The quantitative estimate of drug-likeness (QED) is 0.740. The van der Waals surface area contributed by atoms with Gasteiger partial charge in [-0.15, -0.1) is 0 Å². The maximum atomic E-state index is 12.4. The third-order valence-corrected chi connectivity index (χ3v) is 4.76. The highest BCUT2D eigenvalue weighted by Crippen LogP contribution is 2.25. The minimum absolute atomic E-state index is 0.0300. The van der Waals surface area contributed by atoms with Crippen LogP contribution in [0.25, 0.3) is 0 Å². The predicted molar refractivity (Wildman–Crippen MR) is 103 cm³/mol. The molecule has 6 heteroatoms. The highest BCUT2D eigenvalue weighted by Gasteiger charge is 2.21. The number of hydrogen-bond donors (Lipinski definition) is 3. The maximum absolute atomic E-state index is 12.4. The fourth-order valence-electron chi connectivity index (χ4n) is 3.25. The van der Waals surface area contributed by atoms with Gasteiger partial charge in [0.1, 0.15) is 0 Å². The van der Waals surface area contributed by atoms with E-state index in [4.69, 9.17) is 5.11 Å². The van der Waals surface area contributed by atoms with E-state index in [1.54, 1.807) is 24.3 Å². The summed E-state index contributed by atoms with van der Waals surface area (Å²) in [4.78, 5) is 35.6. The first kappa shape index (κ1) is 18.6. The Labute approximate surface area is 157 Å². The van der Waals surface area contributed by atoms with Crippen LogP contribution in [-0.4, -0.2) is 22.9 Å². The molecule has 2 amide bonds. The summed E-state index contributed by atoms with van der Waals surface area (Å²) in [5, 5.41) is 14.6. The van der Waals surface area contributed by atoms with Crippen LogP contribution < -0.4 is 10.6 Å². The van der Waals surface area contributed by atoms with Crippen LogP contribution in [0.5, 0.6) is 0 Å². The lowest BCUT2D eigenvalue weighted by Crippen LogP contribution is -2.24. The Kier molecular flexibility index (Phi) is 5.86. The average Bonchev–Trinajstić information content (AvgIpc) is 2.69. The summed E-state index contributed by atoms with van der Waals surface area (Å²) in [7, 11) is 0. The molecule has 2 aromatic carbocycles.